The van der Waals surface area contributed by atoms with Crippen LogP contribution in [-0.4, -0.2) is 30.0 Å². The minimum absolute atomic E-state index is 0.0527. The summed E-state index contributed by atoms with van der Waals surface area (Å²) in [6, 6.07) is 0.268. The van der Waals surface area contributed by atoms with Gasteiger partial charge in [-0.2, -0.15) is 0 Å². The first-order valence-electron chi connectivity index (χ1n) is 4.69. The molecule has 1 amide bonds. The smallest absolute Gasteiger partial charge is 0.271 e. The second-order valence-electron chi connectivity index (χ2n) is 3.41. The molecule has 5 heteroatoms. The molecule has 0 saturated carbocycles. The quantitative estimate of drug-likeness (QED) is 0.751. The zero-order chi connectivity index (χ0) is 9.97. The van der Waals surface area contributed by atoms with Gasteiger partial charge < -0.3 is 10.6 Å². The molecule has 0 spiro atoms. The third-order valence-electron chi connectivity index (χ3n) is 2.25. The van der Waals surface area contributed by atoms with Gasteiger partial charge in [0, 0.05) is 18.0 Å². The van der Waals surface area contributed by atoms with Gasteiger partial charge in [-0.3, -0.25) is 4.79 Å². The highest BCUT2D eigenvalue weighted by molar-refractivity contribution is 7.09. The molecule has 4 nitrogen and oxygen atoms in total. The van der Waals surface area contributed by atoms with E-state index in [1.54, 1.807) is 5.38 Å². The first-order valence-corrected chi connectivity index (χ1v) is 5.57. The number of carbonyl (C=O) groups is 1. The average molecular weight is 211 g/mol. The topological polar surface area (TPSA) is 54.0 Å². The van der Waals surface area contributed by atoms with Crippen molar-refractivity contribution in [2.75, 3.05) is 13.1 Å². The van der Waals surface area contributed by atoms with E-state index in [1.807, 2.05) is 6.92 Å². The van der Waals surface area contributed by atoms with Crippen molar-refractivity contribution >= 4 is 17.2 Å². The standard InChI is InChI=1S/C9H13N3OS/c1-6-11-8(5-14-6)9(13)12-7-2-3-10-4-7/h5,7,10H,2-4H2,1H3,(H,12,13)/t7-/m1/s1. The molecule has 0 aromatic carbocycles. The highest BCUT2D eigenvalue weighted by Crippen LogP contribution is 2.08. The molecule has 2 N–H and O–H groups in total. The number of hydrogen-bond acceptors (Lipinski definition) is 4. The number of hydrogen-bond donors (Lipinski definition) is 2. The third-order valence-corrected chi connectivity index (χ3v) is 3.02. The highest BCUT2D eigenvalue weighted by atomic mass is 32.1. The fourth-order valence-corrected chi connectivity index (χ4v) is 2.10. The lowest BCUT2D eigenvalue weighted by atomic mass is 10.2. The van der Waals surface area contributed by atoms with Crippen molar-refractivity contribution in [2.24, 2.45) is 0 Å². The van der Waals surface area contributed by atoms with E-state index in [-0.39, 0.29) is 11.9 Å². The molecule has 1 aromatic rings. The Hall–Kier alpha value is -0.940. The van der Waals surface area contributed by atoms with Crippen LogP contribution >= 0.6 is 11.3 Å². The Balaban J connectivity index is 1.95. The number of nitrogens with one attached hydrogen (secondary N) is 2. The van der Waals surface area contributed by atoms with Gasteiger partial charge in [-0.05, 0) is 19.9 Å². The van der Waals surface area contributed by atoms with Gasteiger partial charge in [0.05, 0.1) is 5.01 Å². The SMILES string of the molecule is Cc1nc(C(=O)N[C@@H]2CCNC2)cs1. The van der Waals surface area contributed by atoms with E-state index in [4.69, 9.17) is 0 Å². The van der Waals surface area contributed by atoms with Gasteiger partial charge in [-0.1, -0.05) is 0 Å². The number of thiazole rings is 1. The summed E-state index contributed by atoms with van der Waals surface area (Å²) in [6.07, 6.45) is 1.01. The number of aryl methyl sites for hydroxylation is 1. The van der Waals surface area contributed by atoms with E-state index < -0.39 is 0 Å². The lowest BCUT2D eigenvalue weighted by molar-refractivity contribution is 0.0935. The molecule has 0 unspecified atom stereocenters. The Morgan fingerprint density at radius 2 is 2.64 bits per heavy atom. The molecule has 2 heterocycles. The van der Waals surface area contributed by atoms with Crippen molar-refractivity contribution in [3.63, 3.8) is 0 Å². The van der Waals surface area contributed by atoms with Gasteiger partial charge in [0.1, 0.15) is 5.69 Å². The molecule has 0 aliphatic carbocycles. The van der Waals surface area contributed by atoms with Crippen molar-refractivity contribution in [2.45, 2.75) is 19.4 Å². The molecule has 1 aliphatic rings. The molecule has 1 aromatic heterocycles. The normalized spacial score (nSPS) is 21.1. The summed E-state index contributed by atoms with van der Waals surface area (Å²) < 4.78 is 0. The summed E-state index contributed by atoms with van der Waals surface area (Å²) in [5, 5.41) is 8.88. The van der Waals surface area contributed by atoms with E-state index in [1.165, 1.54) is 11.3 Å². The Morgan fingerprint density at radius 1 is 1.79 bits per heavy atom. The fourth-order valence-electron chi connectivity index (χ4n) is 1.50. The number of aromatic nitrogens is 1. The van der Waals surface area contributed by atoms with Crippen molar-refractivity contribution in [3.8, 4) is 0 Å². The predicted molar refractivity (Wildman–Crippen MR) is 55.6 cm³/mol. The Kier molecular flexibility index (Phi) is 2.79. The van der Waals surface area contributed by atoms with Gasteiger partial charge in [-0.15, -0.1) is 11.3 Å². The number of amides is 1. The largest absolute Gasteiger partial charge is 0.347 e. The fraction of sp³-hybridized carbons (Fsp3) is 0.556. The van der Waals surface area contributed by atoms with Gasteiger partial charge in [0.25, 0.3) is 5.91 Å². The molecule has 14 heavy (non-hydrogen) atoms. The van der Waals surface area contributed by atoms with E-state index in [9.17, 15) is 4.79 Å². The van der Waals surface area contributed by atoms with Crippen LogP contribution < -0.4 is 10.6 Å². The highest BCUT2D eigenvalue weighted by Gasteiger charge is 2.18. The zero-order valence-electron chi connectivity index (χ0n) is 8.04. The summed E-state index contributed by atoms with van der Waals surface area (Å²) in [7, 11) is 0. The molecule has 0 radical (unpaired) electrons. The molecule has 2 rings (SSSR count). The lowest BCUT2D eigenvalue weighted by Gasteiger charge is -2.09. The van der Waals surface area contributed by atoms with Crippen LogP contribution in [0.25, 0.3) is 0 Å². The van der Waals surface area contributed by atoms with E-state index in [0.717, 1.165) is 24.5 Å². The molecule has 1 saturated heterocycles. The first-order chi connectivity index (χ1) is 6.75. The van der Waals surface area contributed by atoms with Crippen LogP contribution in [0.5, 0.6) is 0 Å². The Morgan fingerprint density at radius 3 is 3.21 bits per heavy atom. The van der Waals surface area contributed by atoms with Crippen LogP contribution in [0.1, 0.15) is 21.9 Å². The number of carbonyl (C=O) groups excluding carboxylic acids is 1. The molecular formula is C9H13N3OS. The lowest BCUT2D eigenvalue weighted by Crippen LogP contribution is -2.36. The number of nitrogens with zero attached hydrogens (tertiary/aromatic N) is 1. The summed E-state index contributed by atoms with van der Waals surface area (Å²) in [5.41, 5.74) is 0.541. The summed E-state index contributed by atoms with van der Waals surface area (Å²) in [6.45, 7) is 3.76. The summed E-state index contributed by atoms with van der Waals surface area (Å²) in [4.78, 5) is 15.8. The van der Waals surface area contributed by atoms with Crippen LogP contribution in [0.2, 0.25) is 0 Å². The van der Waals surface area contributed by atoms with Gasteiger partial charge in [-0.25, -0.2) is 4.98 Å². The third kappa shape index (κ3) is 2.10. The summed E-state index contributed by atoms with van der Waals surface area (Å²) >= 11 is 1.50. The molecule has 76 valence electrons. The van der Waals surface area contributed by atoms with Gasteiger partial charge >= 0.3 is 0 Å². The van der Waals surface area contributed by atoms with Crippen LogP contribution in [-0.2, 0) is 0 Å². The maximum absolute atomic E-state index is 11.6. The number of rotatable bonds is 2. The minimum atomic E-state index is -0.0527. The minimum Gasteiger partial charge on any atom is -0.347 e. The predicted octanol–water partition coefficient (Wildman–Crippen LogP) is 0.543. The van der Waals surface area contributed by atoms with Crippen molar-refractivity contribution < 1.29 is 4.79 Å². The molecule has 1 aliphatic heterocycles. The van der Waals surface area contributed by atoms with Crippen molar-refractivity contribution in [1.29, 1.82) is 0 Å². The Bertz CT molecular complexity index is 331. The van der Waals surface area contributed by atoms with Crippen molar-refractivity contribution in [1.82, 2.24) is 15.6 Å². The maximum atomic E-state index is 11.6. The molecule has 1 atom stereocenters. The van der Waals surface area contributed by atoms with E-state index >= 15 is 0 Å². The second-order valence-corrected chi connectivity index (χ2v) is 4.48. The van der Waals surface area contributed by atoms with Crippen LogP contribution in [0.15, 0.2) is 5.38 Å². The van der Waals surface area contributed by atoms with E-state index in [2.05, 4.69) is 15.6 Å². The van der Waals surface area contributed by atoms with Gasteiger partial charge in [0.15, 0.2) is 0 Å². The summed E-state index contributed by atoms with van der Waals surface area (Å²) in [5.74, 6) is -0.0527. The molecule has 0 bridgehead atoms. The van der Waals surface area contributed by atoms with Crippen LogP contribution in [0.4, 0.5) is 0 Å². The van der Waals surface area contributed by atoms with Crippen LogP contribution in [0, 0.1) is 6.92 Å². The monoisotopic (exact) mass is 211 g/mol. The average Bonchev–Trinajstić information content (AvgIpc) is 2.75. The van der Waals surface area contributed by atoms with Gasteiger partial charge in [0.2, 0.25) is 0 Å². The van der Waals surface area contributed by atoms with Crippen LogP contribution in [0.3, 0.4) is 0 Å². The molecule has 1 fully saturated rings. The Labute approximate surface area is 86.7 Å². The zero-order valence-corrected chi connectivity index (χ0v) is 8.86. The molecular weight excluding hydrogens is 198 g/mol. The van der Waals surface area contributed by atoms with Crippen molar-refractivity contribution in [3.05, 3.63) is 16.1 Å². The van der Waals surface area contributed by atoms with E-state index in [0.29, 0.717) is 5.69 Å². The maximum Gasteiger partial charge on any atom is 0.271 e. The second kappa shape index (κ2) is 4.06. The first kappa shape index (κ1) is 9.61.